The van der Waals surface area contributed by atoms with Gasteiger partial charge in [0.2, 0.25) is 0 Å². The van der Waals surface area contributed by atoms with Crippen molar-refractivity contribution < 1.29 is 9.53 Å². The van der Waals surface area contributed by atoms with E-state index in [0.29, 0.717) is 10.8 Å². The van der Waals surface area contributed by atoms with Crippen LogP contribution in [0.2, 0.25) is 5.02 Å². The molecular formula is C19H22ClN3O2. The molecule has 0 spiro atoms. The number of likely N-dealkylation sites (N-methyl/N-ethyl adjacent to an activating group) is 1. The molecule has 1 heterocycles. The molecule has 1 fully saturated rings. The van der Waals surface area contributed by atoms with E-state index in [9.17, 15) is 4.79 Å². The quantitative estimate of drug-likeness (QED) is 0.891. The molecule has 0 aliphatic carbocycles. The standard InChI is InChI=1S/C19H22ClN3O2/c1-22-10-12-23(13-11-22)19-16(20)8-5-9-17(19)21-18(24)14-25-15-6-3-2-4-7-15/h2-9H,10-14H2,1H3,(H,21,24). The third-order valence-corrected chi connectivity index (χ3v) is 4.50. The monoisotopic (exact) mass is 359 g/mol. The highest BCUT2D eigenvalue weighted by Gasteiger charge is 2.20. The smallest absolute Gasteiger partial charge is 0.262 e. The van der Waals surface area contributed by atoms with Gasteiger partial charge in [0.1, 0.15) is 5.75 Å². The number of hydrogen-bond acceptors (Lipinski definition) is 4. The summed E-state index contributed by atoms with van der Waals surface area (Å²) in [5.74, 6) is 0.463. The number of piperazine rings is 1. The Bertz CT molecular complexity index is 716. The van der Waals surface area contributed by atoms with Crippen LogP contribution in [0, 0.1) is 0 Å². The Hall–Kier alpha value is -2.24. The number of rotatable bonds is 5. The lowest BCUT2D eigenvalue weighted by atomic mass is 10.2. The van der Waals surface area contributed by atoms with Crippen molar-refractivity contribution in [1.29, 1.82) is 0 Å². The van der Waals surface area contributed by atoms with Gasteiger partial charge in [-0.05, 0) is 31.3 Å². The molecule has 2 aromatic carbocycles. The second-order valence-corrected chi connectivity index (χ2v) is 6.48. The molecule has 1 aliphatic heterocycles. The first-order valence-corrected chi connectivity index (χ1v) is 8.71. The van der Waals surface area contributed by atoms with Gasteiger partial charge in [0.15, 0.2) is 6.61 Å². The second kappa shape index (κ2) is 8.23. The van der Waals surface area contributed by atoms with Crippen LogP contribution in [0.5, 0.6) is 5.75 Å². The van der Waals surface area contributed by atoms with E-state index in [1.807, 2.05) is 48.5 Å². The third kappa shape index (κ3) is 4.65. The fourth-order valence-electron chi connectivity index (χ4n) is 2.82. The van der Waals surface area contributed by atoms with E-state index >= 15 is 0 Å². The van der Waals surface area contributed by atoms with E-state index in [-0.39, 0.29) is 12.5 Å². The number of anilines is 2. The molecular weight excluding hydrogens is 338 g/mol. The molecule has 0 bridgehead atoms. The number of hydrogen-bond donors (Lipinski definition) is 1. The molecule has 0 atom stereocenters. The Balaban J connectivity index is 1.67. The van der Waals surface area contributed by atoms with Crippen LogP contribution in [0.15, 0.2) is 48.5 Å². The maximum absolute atomic E-state index is 12.3. The first kappa shape index (κ1) is 17.6. The molecule has 1 amide bonds. The third-order valence-electron chi connectivity index (χ3n) is 4.19. The summed E-state index contributed by atoms with van der Waals surface area (Å²) in [6.07, 6.45) is 0. The number of nitrogens with one attached hydrogen (secondary N) is 1. The molecule has 132 valence electrons. The largest absolute Gasteiger partial charge is 0.484 e. The maximum atomic E-state index is 12.3. The maximum Gasteiger partial charge on any atom is 0.262 e. The predicted octanol–water partition coefficient (Wildman–Crippen LogP) is 3.11. The summed E-state index contributed by atoms with van der Waals surface area (Å²) in [5.41, 5.74) is 1.60. The van der Waals surface area contributed by atoms with Crippen LogP contribution in [0.3, 0.4) is 0 Å². The van der Waals surface area contributed by atoms with Gasteiger partial charge in [-0.2, -0.15) is 0 Å². The van der Waals surface area contributed by atoms with Crippen LogP contribution in [-0.2, 0) is 4.79 Å². The van der Waals surface area contributed by atoms with Gasteiger partial charge >= 0.3 is 0 Å². The summed E-state index contributed by atoms with van der Waals surface area (Å²) in [4.78, 5) is 16.8. The Morgan fingerprint density at radius 3 is 2.52 bits per heavy atom. The molecule has 0 saturated carbocycles. The minimum Gasteiger partial charge on any atom is -0.484 e. The van der Waals surface area contributed by atoms with Gasteiger partial charge < -0.3 is 19.9 Å². The van der Waals surface area contributed by atoms with E-state index in [2.05, 4.69) is 22.2 Å². The molecule has 1 saturated heterocycles. The minimum atomic E-state index is -0.207. The average Bonchev–Trinajstić information content (AvgIpc) is 2.62. The second-order valence-electron chi connectivity index (χ2n) is 6.08. The van der Waals surface area contributed by atoms with Crippen LogP contribution in [0.25, 0.3) is 0 Å². The van der Waals surface area contributed by atoms with E-state index in [0.717, 1.165) is 37.6 Å². The molecule has 0 aromatic heterocycles. The van der Waals surface area contributed by atoms with E-state index in [4.69, 9.17) is 16.3 Å². The molecule has 25 heavy (non-hydrogen) atoms. The van der Waals surface area contributed by atoms with Gasteiger partial charge in [-0.3, -0.25) is 4.79 Å². The highest BCUT2D eigenvalue weighted by molar-refractivity contribution is 6.34. The Kier molecular flexibility index (Phi) is 5.79. The van der Waals surface area contributed by atoms with Gasteiger partial charge in [-0.25, -0.2) is 0 Å². The number of amides is 1. The summed E-state index contributed by atoms with van der Waals surface area (Å²) in [6, 6.07) is 14.9. The van der Waals surface area contributed by atoms with Crippen LogP contribution < -0.4 is 15.0 Å². The topological polar surface area (TPSA) is 44.8 Å². The zero-order valence-electron chi connectivity index (χ0n) is 14.2. The number of carbonyl (C=O) groups excluding carboxylic acids is 1. The van der Waals surface area contributed by atoms with Gasteiger partial charge in [-0.15, -0.1) is 0 Å². The SMILES string of the molecule is CN1CCN(c2c(Cl)cccc2NC(=O)COc2ccccc2)CC1. The highest BCUT2D eigenvalue weighted by Crippen LogP contribution is 2.34. The van der Waals surface area contributed by atoms with Crippen LogP contribution in [-0.4, -0.2) is 50.6 Å². The van der Waals surface area contributed by atoms with Crippen LogP contribution in [0.4, 0.5) is 11.4 Å². The summed E-state index contributed by atoms with van der Waals surface area (Å²) in [6.45, 7) is 3.65. The van der Waals surface area contributed by atoms with Crippen molar-refractivity contribution in [3.8, 4) is 5.75 Å². The molecule has 5 nitrogen and oxygen atoms in total. The van der Waals surface area contributed by atoms with Crippen molar-refractivity contribution in [3.63, 3.8) is 0 Å². The van der Waals surface area contributed by atoms with Crippen molar-refractivity contribution >= 4 is 28.9 Å². The summed E-state index contributed by atoms with van der Waals surface area (Å²) < 4.78 is 5.50. The van der Waals surface area contributed by atoms with Gasteiger partial charge in [0, 0.05) is 26.2 Å². The molecule has 3 rings (SSSR count). The Morgan fingerprint density at radius 1 is 1.08 bits per heavy atom. The zero-order chi connectivity index (χ0) is 17.6. The van der Waals surface area contributed by atoms with Crippen LogP contribution in [0.1, 0.15) is 0 Å². The first-order chi connectivity index (χ1) is 12.1. The van der Waals surface area contributed by atoms with Crippen molar-refractivity contribution in [2.75, 3.05) is 50.1 Å². The van der Waals surface area contributed by atoms with E-state index in [1.54, 1.807) is 0 Å². The normalized spacial score (nSPS) is 15.0. The molecule has 0 unspecified atom stereocenters. The molecule has 1 aliphatic rings. The lowest BCUT2D eigenvalue weighted by Crippen LogP contribution is -2.45. The molecule has 2 aromatic rings. The summed E-state index contributed by atoms with van der Waals surface area (Å²) >= 11 is 6.42. The van der Waals surface area contributed by atoms with Crippen molar-refractivity contribution in [1.82, 2.24) is 4.90 Å². The predicted molar refractivity (Wildman–Crippen MR) is 102 cm³/mol. The molecule has 0 radical (unpaired) electrons. The van der Waals surface area contributed by atoms with Crippen molar-refractivity contribution in [3.05, 3.63) is 53.6 Å². The number of carbonyl (C=O) groups is 1. The fourth-order valence-corrected chi connectivity index (χ4v) is 3.11. The summed E-state index contributed by atoms with van der Waals surface area (Å²) in [5, 5.41) is 3.57. The number of halogens is 1. The lowest BCUT2D eigenvalue weighted by molar-refractivity contribution is -0.118. The minimum absolute atomic E-state index is 0.0430. The highest BCUT2D eigenvalue weighted by atomic mass is 35.5. The van der Waals surface area contributed by atoms with Crippen molar-refractivity contribution in [2.45, 2.75) is 0 Å². The fraction of sp³-hybridized carbons (Fsp3) is 0.316. The van der Waals surface area contributed by atoms with Gasteiger partial charge in [0.25, 0.3) is 5.91 Å². The van der Waals surface area contributed by atoms with E-state index < -0.39 is 0 Å². The Labute approximate surface area is 153 Å². The number of ether oxygens (including phenoxy) is 1. The summed E-state index contributed by atoms with van der Waals surface area (Å²) in [7, 11) is 2.10. The number of para-hydroxylation sites is 2. The van der Waals surface area contributed by atoms with Crippen LogP contribution >= 0.6 is 11.6 Å². The average molecular weight is 360 g/mol. The zero-order valence-corrected chi connectivity index (χ0v) is 15.0. The first-order valence-electron chi connectivity index (χ1n) is 8.33. The molecule has 6 heteroatoms. The Morgan fingerprint density at radius 2 is 1.80 bits per heavy atom. The number of nitrogens with zero attached hydrogens (tertiary/aromatic N) is 2. The van der Waals surface area contributed by atoms with Gasteiger partial charge in [0.05, 0.1) is 16.4 Å². The molecule has 1 N–H and O–H groups in total. The number of benzene rings is 2. The van der Waals surface area contributed by atoms with Gasteiger partial charge in [-0.1, -0.05) is 35.9 Å². The van der Waals surface area contributed by atoms with E-state index in [1.165, 1.54) is 0 Å². The lowest BCUT2D eigenvalue weighted by Gasteiger charge is -2.35. The van der Waals surface area contributed by atoms with Crippen molar-refractivity contribution in [2.24, 2.45) is 0 Å².